The molecule has 0 fully saturated rings. The van der Waals surface area contributed by atoms with Crippen molar-refractivity contribution in [3.05, 3.63) is 64.6 Å². The van der Waals surface area contributed by atoms with Crippen molar-refractivity contribution in [3.63, 3.8) is 0 Å². The van der Waals surface area contributed by atoms with Gasteiger partial charge in [-0.2, -0.15) is 5.01 Å². The van der Waals surface area contributed by atoms with Crippen LogP contribution in [0.2, 0.25) is 0 Å². The fraction of sp³-hybridized carbons (Fsp3) is 0.435. The summed E-state index contributed by atoms with van der Waals surface area (Å²) in [6, 6.07) is 13.2. The van der Waals surface area contributed by atoms with E-state index in [1.807, 2.05) is 30.3 Å². The summed E-state index contributed by atoms with van der Waals surface area (Å²) < 4.78 is 11.3. The summed E-state index contributed by atoms with van der Waals surface area (Å²) in [5.41, 5.74) is 1.32. The molecule has 8 heteroatoms. The van der Waals surface area contributed by atoms with Gasteiger partial charge >= 0.3 is 5.97 Å². The summed E-state index contributed by atoms with van der Waals surface area (Å²) >= 11 is 0. The highest BCUT2D eigenvalue weighted by Crippen LogP contribution is 2.23. The van der Waals surface area contributed by atoms with Gasteiger partial charge in [0, 0.05) is 13.8 Å². The molecule has 0 saturated carbocycles. The Kier molecular flexibility index (Phi) is 8.13. The Morgan fingerprint density at radius 3 is 2.29 bits per heavy atom. The molecule has 1 N–H and O–H groups in total. The number of aryl methyl sites for hydroxylation is 1. The summed E-state index contributed by atoms with van der Waals surface area (Å²) in [6.45, 7) is 9.86. The van der Waals surface area contributed by atoms with Crippen molar-refractivity contribution in [2.75, 3.05) is 6.54 Å². The first-order chi connectivity index (χ1) is 14.5. The number of rotatable bonds is 8. The number of hydrogen-bond acceptors (Lipinski definition) is 6. The van der Waals surface area contributed by atoms with Crippen LogP contribution in [0.15, 0.2) is 42.5 Å². The minimum absolute atomic E-state index is 0.109. The molecule has 0 radical (unpaired) electrons. The smallest absolute Gasteiger partial charge is 0.303 e. The lowest BCUT2D eigenvalue weighted by Gasteiger charge is -2.42. The first-order valence-corrected chi connectivity index (χ1v) is 10.1. The van der Waals surface area contributed by atoms with E-state index in [0.29, 0.717) is 23.7 Å². The number of quaternary nitrogens is 1. The number of benzene rings is 1. The van der Waals surface area contributed by atoms with Gasteiger partial charge in [0.15, 0.2) is 6.10 Å². The van der Waals surface area contributed by atoms with Crippen molar-refractivity contribution in [3.8, 4) is 5.75 Å². The van der Waals surface area contributed by atoms with Gasteiger partial charge in [0.05, 0.1) is 11.4 Å². The highest BCUT2D eigenvalue weighted by atomic mass is 16.6. The number of hydroxylamine groups is 1. The van der Waals surface area contributed by atoms with Gasteiger partial charge in [0.2, 0.25) is 0 Å². The molecule has 0 aliphatic carbocycles. The van der Waals surface area contributed by atoms with Crippen molar-refractivity contribution in [2.45, 2.75) is 59.8 Å². The fourth-order valence-corrected chi connectivity index (χ4v) is 2.95. The third-order valence-electron chi connectivity index (χ3n) is 4.55. The van der Waals surface area contributed by atoms with Crippen molar-refractivity contribution in [1.29, 1.82) is 0 Å². The second kappa shape index (κ2) is 10.4. The van der Waals surface area contributed by atoms with Crippen molar-refractivity contribution < 1.29 is 24.2 Å². The number of aromatic nitrogens is 1. The molecule has 2 atom stereocenters. The van der Waals surface area contributed by atoms with Crippen LogP contribution in [0.1, 0.15) is 57.7 Å². The SMILES string of the molecule is CC(=O)OC(CN(C(C)=O)[NH+]([O-])C(C)(C)C)c1ccc(OCc2ccccc2)c(C)n1. The lowest BCUT2D eigenvalue weighted by molar-refractivity contribution is -1.00. The number of pyridine rings is 1. The maximum Gasteiger partial charge on any atom is 0.303 e. The Morgan fingerprint density at radius 1 is 1.13 bits per heavy atom. The molecular formula is C23H31N3O5. The van der Waals surface area contributed by atoms with Crippen molar-refractivity contribution in [2.24, 2.45) is 0 Å². The van der Waals surface area contributed by atoms with E-state index in [2.05, 4.69) is 4.98 Å². The van der Waals surface area contributed by atoms with E-state index in [0.717, 1.165) is 10.6 Å². The Morgan fingerprint density at radius 2 is 1.77 bits per heavy atom. The number of hydrogen-bond donors (Lipinski definition) is 1. The predicted octanol–water partition coefficient (Wildman–Crippen LogP) is 2.52. The molecule has 0 saturated heterocycles. The van der Waals surface area contributed by atoms with Gasteiger partial charge in [-0.25, -0.2) is 0 Å². The Balaban J connectivity index is 2.23. The summed E-state index contributed by atoms with van der Waals surface area (Å²) in [6.07, 6.45) is -0.880. The summed E-state index contributed by atoms with van der Waals surface area (Å²) in [4.78, 5) is 28.4. The van der Waals surface area contributed by atoms with Crippen LogP contribution in [0.25, 0.3) is 0 Å². The van der Waals surface area contributed by atoms with Gasteiger partial charge in [-0.3, -0.25) is 19.7 Å². The molecule has 0 bridgehead atoms. The molecule has 1 amide bonds. The van der Waals surface area contributed by atoms with E-state index < -0.39 is 23.5 Å². The van der Waals surface area contributed by atoms with Gasteiger partial charge in [-0.05, 0) is 45.4 Å². The highest BCUT2D eigenvalue weighted by molar-refractivity contribution is 5.72. The zero-order valence-electron chi connectivity index (χ0n) is 19.0. The molecule has 168 valence electrons. The molecular weight excluding hydrogens is 398 g/mol. The van der Waals surface area contributed by atoms with E-state index >= 15 is 0 Å². The number of nitrogens with zero attached hydrogens (tertiary/aromatic N) is 2. The van der Waals surface area contributed by atoms with Gasteiger partial charge in [-0.1, -0.05) is 30.3 Å². The van der Waals surface area contributed by atoms with Crippen LogP contribution in [0, 0.1) is 12.1 Å². The molecule has 1 heterocycles. The van der Waals surface area contributed by atoms with E-state index in [-0.39, 0.29) is 11.7 Å². The standard InChI is InChI=1S/C23H31N3O5/c1-16-21(30-15-19-10-8-7-9-11-19)13-12-20(24-16)22(31-18(3)28)14-25(17(2)27)26(29)23(4,5)6/h7-13,22,26H,14-15H2,1-6H3. The third-order valence-corrected chi connectivity index (χ3v) is 4.55. The summed E-state index contributed by atoms with van der Waals surface area (Å²) in [5.74, 6) is -0.347. The van der Waals surface area contributed by atoms with Gasteiger partial charge in [-0.15, -0.1) is 0 Å². The molecule has 31 heavy (non-hydrogen) atoms. The lowest BCUT2D eigenvalue weighted by atomic mass is 10.1. The number of esters is 1. The molecule has 8 nitrogen and oxygen atoms in total. The van der Waals surface area contributed by atoms with Crippen LogP contribution in [0.5, 0.6) is 5.75 Å². The first-order valence-electron chi connectivity index (χ1n) is 10.1. The number of amides is 1. The average Bonchev–Trinajstić information content (AvgIpc) is 2.69. The molecule has 0 aliphatic heterocycles. The number of carbonyl (C=O) groups is 2. The summed E-state index contributed by atoms with van der Waals surface area (Å²) in [7, 11) is 0. The maximum absolute atomic E-state index is 12.7. The minimum Gasteiger partial charge on any atom is -0.607 e. The van der Waals surface area contributed by atoms with Crippen molar-refractivity contribution >= 4 is 11.9 Å². The van der Waals surface area contributed by atoms with Crippen LogP contribution in [0.4, 0.5) is 0 Å². The molecule has 0 aliphatic rings. The van der Waals surface area contributed by atoms with Gasteiger partial charge in [0.1, 0.15) is 24.4 Å². The second-order valence-electron chi connectivity index (χ2n) is 8.38. The number of carbonyl (C=O) groups excluding carboxylic acids is 2. The minimum atomic E-state index is -0.880. The van der Waals surface area contributed by atoms with Crippen LogP contribution in [0.3, 0.4) is 0 Å². The molecule has 2 unspecified atom stereocenters. The topological polar surface area (TPSA) is 96.2 Å². The Bertz CT molecular complexity index is 896. The Labute approximate surface area is 183 Å². The van der Waals surface area contributed by atoms with E-state index in [9.17, 15) is 14.8 Å². The monoisotopic (exact) mass is 429 g/mol. The average molecular weight is 430 g/mol. The zero-order valence-corrected chi connectivity index (χ0v) is 19.0. The van der Waals surface area contributed by atoms with Gasteiger partial charge in [0.25, 0.3) is 5.91 Å². The first kappa shape index (κ1) is 24.3. The number of ether oxygens (including phenoxy) is 2. The van der Waals surface area contributed by atoms with E-state index in [1.54, 1.807) is 39.8 Å². The summed E-state index contributed by atoms with van der Waals surface area (Å²) in [5, 5.41) is 13.5. The molecule has 2 aromatic rings. The quantitative estimate of drug-likeness (QED) is 0.512. The van der Waals surface area contributed by atoms with Gasteiger partial charge < -0.3 is 14.7 Å². The normalized spacial score (nSPS) is 13.3. The van der Waals surface area contributed by atoms with Crippen LogP contribution < -0.4 is 9.91 Å². The van der Waals surface area contributed by atoms with E-state index in [4.69, 9.17) is 9.47 Å². The van der Waals surface area contributed by atoms with Crippen LogP contribution in [-0.2, 0) is 20.9 Å². The Hall–Kier alpha value is -2.97. The van der Waals surface area contributed by atoms with Crippen LogP contribution in [-0.4, -0.2) is 34.0 Å². The molecule has 1 aromatic heterocycles. The third kappa shape index (κ3) is 7.04. The zero-order chi connectivity index (χ0) is 23.2. The lowest BCUT2D eigenvalue weighted by Crippen LogP contribution is -3.21. The van der Waals surface area contributed by atoms with Crippen molar-refractivity contribution in [1.82, 2.24) is 9.99 Å². The number of nitrogens with one attached hydrogen (secondary N) is 1. The molecule has 0 spiro atoms. The van der Waals surface area contributed by atoms with Crippen LogP contribution >= 0.6 is 0 Å². The predicted molar refractivity (Wildman–Crippen MR) is 116 cm³/mol. The maximum atomic E-state index is 12.7. The highest BCUT2D eigenvalue weighted by Gasteiger charge is 2.31. The fourth-order valence-electron chi connectivity index (χ4n) is 2.95. The largest absolute Gasteiger partial charge is 0.607 e. The molecule has 1 aromatic carbocycles. The van der Waals surface area contributed by atoms with E-state index in [1.165, 1.54) is 13.8 Å². The second-order valence-corrected chi connectivity index (χ2v) is 8.38. The molecule has 2 rings (SSSR count).